The smallest absolute Gasteiger partial charge is 0.320 e. The van der Waals surface area contributed by atoms with Gasteiger partial charge in [-0.3, -0.25) is 0 Å². The average Bonchev–Trinajstić information content (AvgIpc) is 2.80. The molecule has 90 valence electrons. The van der Waals surface area contributed by atoms with Gasteiger partial charge < -0.3 is 15.1 Å². The highest BCUT2D eigenvalue weighted by Crippen LogP contribution is 2.28. The first-order valence-electron chi connectivity index (χ1n) is 6.63. The SMILES string of the molecule is O=C1N(CC2CCCN2)CCN1C1CCC1. The van der Waals surface area contributed by atoms with E-state index in [4.69, 9.17) is 0 Å². The van der Waals surface area contributed by atoms with Crippen molar-refractivity contribution in [2.45, 2.75) is 44.2 Å². The number of carbonyl (C=O) groups is 1. The molecule has 2 aliphatic heterocycles. The molecule has 0 radical (unpaired) electrons. The van der Waals surface area contributed by atoms with Crippen molar-refractivity contribution in [3.05, 3.63) is 0 Å². The number of nitrogens with zero attached hydrogens (tertiary/aromatic N) is 2. The van der Waals surface area contributed by atoms with Crippen molar-refractivity contribution in [2.24, 2.45) is 0 Å². The minimum Gasteiger partial charge on any atom is -0.321 e. The monoisotopic (exact) mass is 223 g/mol. The third kappa shape index (κ3) is 1.79. The minimum atomic E-state index is 0.290. The lowest BCUT2D eigenvalue weighted by Crippen LogP contribution is -2.45. The number of hydrogen-bond acceptors (Lipinski definition) is 2. The largest absolute Gasteiger partial charge is 0.321 e. The summed E-state index contributed by atoms with van der Waals surface area (Å²) in [4.78, 5) is 16.3. The molecule has 0 aromatic heterocycles. The normalized spacial score (nSPS) is 31.2. The van der Waals surface area contributed by atoms with Crippen LogP contribution in [-0.2, 0) is 0 Å². The molecule has 0 bridgehead atoms. The first-order chi connectivity index (χ1) is 7.84. The lowest BCUT2D eigenvalue weighted by molar-refractivity contribution is 0.147. The van der Waals surface area contributed by atoms with Crippen molar-refractivity contribution in [2.75, 3.05) is 26.2 Å². The Hall–Kier alpha value is -0.770. The molecule has 1 N–H and O–H groups in total. The van der Waals surface area contributed by atoms with Crippen LogP contribution < -0.4 is 5.32 Å². The maximum absolute atomic E-state index is 12.2. The molecule has 4 nitrogen and oxygen atoms in total. The summed E-state index contributed by atoms with van der Waals surface area (Å²) in [6.45, 7) is 3.94. The molecule has 2 amide bonds. The number of hydrogen-bond donors (Lipinski definition) is 1. The van der Waals surface area contributed by atoms with Crippen LogP contribution in [-0.4, -0.2) is 54.1 Å². The molecule has 1 atom stereocenters. The maximum atomic E-state index is 12.2. The van der Waals surface area contributed by atoms with E-state index >= 15 is 0 Å². The van der Waals surface area contributed by atoms with E-state index in [-0.39, 0.29) is 0 Å². The summed E-state index contributed by atoms with van der Waals surface area (Å²) >= 11 is 0. The second-order valence-electron chi connectivity index (χ2n) is 5.30. The molecule has 2 heterocycles. The van der Waals surface area contributed by atoms with Crippen LogP contribution in [0, 0.1) is 0 Å². The Labute approximate surface area is 97.0 Å². The Morgan fingerprint density at radius 3 is 2.69 bits per heavy atom. The number of rotatable bonds is 3. The standard InChI is InChI=1S/C12H21N3O/c16-12-14(9-10-3-2-6-13-10)7-8-15(12)11-4-1-5-11/h10-11,13H,1-9H2. The van der Waals surface area contributed by atoms with Gasteiger partial charge in [0.05, 0.1) is 0 Å². The van der Waals surface area contributed by atoms with Gasteiger partial charge in [-0.15, -0.1) is 0 Å². The van der Waals surface area contributed by atoms with Crippen LogP contribution >= 0.6 is 0 Å². The van der Waals surface area contributed by atoms with Gasteiger partial charge in [0.25, 0.3) is 0 Å². The number of nitrogens with one attached hydrogen (secondary N) is 1. The third-order valence-corrected chi connectivity index (χ3v) is 4.25. The van der Waals surface area contributed by atoms with E-state index in [1.54, 1.807) is 0 Å². The Balaban J connectivity index is 1.54. The summed E-state index contributed by atoms with van der Waals surface area (Å²) in [6.07, 6.45) is 6.24. The van der Waals surface area contributed by atoms with Crippen molar-refractivity contribution in [1.82, 2.24) is 15.1 Å². The highest BCUT2D eigenvalue weighted by molar-refractivity contribution is 5.77. The zero-order valence-corrected chi connectivity index (χ0v) is 9.82. The molecule has 16 heavy (non-hydrogen) atoms. The molecule has 2 saturated heterocycles. The van der Waals surface area contributed by atoms with Gasteiger partial charge in [0, 0.05) is 31.7 Å². The van der Waals surface area contributed by atoms with Crippen LogP contribution in [0.4, 0.5) is 4.79 Å². The van der Waals surface area contributed by atoms with Crippen LogP contribution in [0.3, 0.4) is 0 Å². The highest BCUT2D eigenvalue weighted by atomic mass is 16.2. The average molecular weight is 223 g/mol. The molecular formula is C12H21N3O. The lowest BCUT2D eigenvalue weighted by Gasteiger charge is -2.34. The Kier molecular flexibility index (Phi) is 2.75. The highest BCUT2D eigenvalue weighted by Gasteiger charge is 2.37. The fourth-order valence-electron chi connectivity index (χ4n) is 2.99. The summed E-state index contributed by atoms with van der Waals surface area (Å²) in [7, 11) is 0. The molecule has 3 aliphatic rings. The molecule has 0 aromatic carbocycles. The van der Waals surface area contributed by atoms with E-state index in [2.05, 4.69) is 10.2 Å². The van der Waals surface area contributed by atoms with Crippen LogP contribution in [0.5, 0.6) is 0 Å². The van der Waals surface area contributed by atoms with E-state index < -0.39 is 0 Å². The van der Waals surface area contributed by atoms with Gasteiger partial charge in [-0.25, -0.2) is 4.79 Å². The molecule has 4 heteroatoms. The molecule has 0 aromatic rings. The van der Waals surface area contributed by atoms with Gasteiger partial charge in [0.2, 0.25) is 0 Å². The first-order valence-corrected chi connectivity index (χ1v) is 6.63. The second-order valence-corrected chi connectivity index (χ2v) is 5.30. The summed E-state index contributed by atoms with van der Waals surface area (Å²) < 4.78 is 0. The van der Waals surface area contributed by atoms with E-state index in [1.165, 1.54) is 32.1 Å². The molecular weight excluding hydrogens is 202 g/mol. The summed E-state index contributed by atoms with van der Waals surface area (Å²) in [6, 6.07) is 1.40. The van der Waals surface area contributed by atoms with Crippen molar-refractivity contribution in [3.63, 3.8) is 0 Å². The summed E-state index contributed by atoms with van der Waals surface area (Å²) in [5, 5.41) is 3.46. The first kappa shape index (κ1) is 10.4. The lowest BCUT2D eigenvalue weighted by atomic mass is 9.92. The molecule has 3 fully saturated rings. The maximum Gasteiger partial charge on any atom is 0.320 e. The Morgan fingerprint density at radius 2 is 2.06 bits per heavy atom. The van der Waals surface area contributed by atoms with E-state index in [9.17, 15) is 4.79 Å². The third-order valence-electron chi connectivity index (χ3n) is 4.25. The van der Waals surface area contributed by atoms with Gasteiger partial charge in [0.1, 0.15) is 0 Å². The predicted molar refractivity (Wildman–Crippen MR) is 62.3 cm³/mol. The van der Waals surface area contributed by atoms with E-state index in [1.807, 2.05) is 4.90 Å². The number of amides is 2. The molecule has 0 spiro atoms. The molecule has 1 aliphatic carbocycles. The van der Waals surface area contributed by atoms with Crippen LogP contribution in [0.25, 0.3) is 0 Å². The van der Waals surface area contributed by atoms with Crippen molar-refractivity contribution >= 4 is 6.03 Å². The van der Waals surface area contributed by atoms with Gasteiger partial charge >= 0.3 is 6.03 Å². The summed E-state index contributed by atoms with van der Waals surface area (Å²) in [5.41, 5.74) is 0. The number of urea groups is 1. The topological polar surface area (TPSA) is 35.6 Å². The zero-order valence-electron chi connectivity index (χ0n) is 9.82. The second kappa shape index (κ2) is 4.24. The fourth-order valence-corrected chi connectivity index (χ4v) is 2.99. The predicted octanol–water partition coefficient (Wildman–Crippen LogP) is 1.03. The van der Waals surface area contributed by atoms with Gasteiger partial charge in [-0.05, 0) is 38.6 Å². The van der Waals surface area contributed by atoms with Crippen LogP contribution in [0.1, 0.15) is 32.1 Å². The van der Waals surface area contributed by atoms with Gasteiger partial charge in [-0.1, -0.05) is 0 Å². The van der Waals surface area contributed by atoms with Crippen LogP contribution in [0.2, 0.25) is 0 Å². The van der Waals surface area contributed by atoms with E-state index in [0.29, 0.717) is 18.1 Å². The fraction of sp³-hybridized carbons (Fsp3) is 0.917. The summed E-state index contributed by atoms with van der Waals surface area (Å²) in [5.74, 6) is 0. The van der Waals surface area contributed by atoms with Crippen molar-refractivity contribution in [1.29, 1.82) is 0 Å². The Morgan fingerprint density at radius 1 is 1.19 bits per heavy atom. The molecule has 1 unspecified atom stereocenters. The van der Waals surface area contributed by atoms with Gasteiger partial charge in [-0.2, -0.15) is 0 Å². The van der Waals surface area contributed by atoms with Gasteiger partial charge in [0.15, 0.2) is 0 Å². The Bertz CT molecular complexity index is 271. The van der Waals surface area contributed by atoms with Crippen LogP contribution in [0.15, 0.2) is 0 Å². The van der Waals surface area contributed by atoms with Crippen molar-refractivity contribution in [3.8, 4) is 0 Å². The number of carbonyl (C=O) groups excluding carboxylic acids is 1. The zero-order chi connectivity index (χ0) is 11.0. The van der Waals surface area contributed by atoms with E-state index in [0.717, 1.165) is 26.2 Å². The molecule has 1 saturated carbocycles. The van der Waals surface area contributed by atoms with Crippen molar-refractivity contribution < 1.29 is 4.79 Å². The quantitative estimate of drug-likeness (QED) is 0.775. The minimum absolute atomic E-state index is 0.290. The molecule has 3 rings (SSSR count).